The largest absolute Gasteiger partial charge is 0.374 e. The highest BCUT2D eigenvalue weighted by Crippen LogP contribution is 2.34. The zero-order valence-electron chi connectivity index (χ0n) is 10.1. The molecule has 102 valence electrons. The van der Waals surface area contributed by atoms with E-state index in [2.05, 4.69) is 15.5 Å². The van der Waals surface area contributed by atoms with Gasteiger partial charge in [0.05, 0.1) is 11.6 Å². The lowest BCUT2D eigenvalue weighted by molar-refractivity contribution is 0.0955. The molecule has 0 radical (unpaired) electrons. The number of nitrogens with zero attached hydrogens (tertiary/aromatic N) is 2. The van der Waals surface area contributed by atoms with Gasteiger partial charge in [0.25, 0.3) is 5.91 Å². The molecule has 0 aliphatic carbocycles. The highest BCUT2D eigenvalue weighted by molar-refractivity contribution is 7.21. The minimum absolute atomic E-state index is 0.218. The van der Waals surface area contributed by atoms with E-state index < -0.39 is 0 Å². The van der Waals surface area contributed by atoms with Gasteiger partial charge in [0.2, 0.25) is 5.13 Å². The number of hydrogen-bond donors (Lipinski definition) is 2. The molecule has 3 aromatic rings. The zero-order chi connectivity index (χ0) is 14.1. The SMILES string of the molecule is Nc1nnc(CNC(=O)c2sc3ccccc3c2Cl)s1. The van der Waals surface area contributed by atoms with Crippen LogP contribution in [0, 0.1) is 0 Å². The summed E-state index contributed by atoms with van der Waals surface area (Å²) in [6.07, 6.45) is 0. The van der Waals surface area contributed by atoms with Gasteiger partial charge < -0.3 is 11.1 Å². The van der Waals surface area contributed by atoms with Crippen LogP contribution in [-0.2, 0) is 6.54 Å². The predicted octanol–water partition coefficient (Wildman–Crippen LogP) is 2.92. The normalized spacial score (nSPS) is 10.8. The summed E-state index contributed by atoms with van der Waals surface area (Å²) in [5, 5.41) is 12.7. The molecule has 0 saturated carbocycles. The van der Waals surface area contributed by atoms with Crippen molar-refractivity contribution in [1.29, 1.82) is 0 Å². The molecule has 0 unspecified atom stereocenters. The van der Waals surface area contributed by atoms with Crippen LogP contribution in [0.1, 0.15) is 14.7 Å². The first-order valence-corrected chi connectivity index (χ1v) is 7.69. The van der Waals surface area contributed by atoms with Crippen molar-refractivity contribution in [3.63, 3.8) is 0 Å². The number of benzene rings is 1. The number of thiophene rings is 1. The summed E-state index contributed by atoms with van der Waals surface area (Å²) < 4.78 is 0.989. The average molecular weight is 325 g/mol. The summed E-state index contributed by atoms with van der Waals surface area (Å²) in [5.41, 5.74) is 5.48. The van der Waals surface area contributed by atoms with Crippen molar-refractivity contribution in [2.45, 2.75) is 6.54 Å². The molecule has 1 amide bonds. The number of amides is 1. The molecule has 0 aliphatic heterocycles. The molecule has 5 nitrogen and oxygen atoms in total. The maximum atomic E-state index is 12.2. The lowest BCUT2D eigenvalue weighted by Gasteiger charge is -2.00. The van der Waals surface area contributed by atoms with Crippen molar-refractivity contribution in [1.82, 2.24) is 15.5 Å². The first kappa shape index (κ1) is 13.3. The Morgan fingerprint density at radius 1 is 1.30 bits per heavy atom. The van der Waals surface area contributed by atoms with Crippen LogP contribution in [0.25, 0.3) is 10.1 Å². The molecule has 20 heavy (non-hydrogen) atoms. The monoisotopic (exact) mass is 324 g/mol. The fourth-order valence-corrected chi connectivity index (χ4v) is 3.72. The van der Waals surface area contributed by atoms with Gasteiger partial charge in [-0.05, 0) is 6.07 Å². The van der Waals surface area contributed by atoms with Crippen molar-refractivity contribution in [3.8, 4) is 0 Å². The van der Waals surface area contributed by atoms with Gasteiger partial charge >= 0.3 is 0 Å². The third-order valence-electron chi connectivity index (χ3n) is 2.62. The number of hydrogen-bond acceptors (Lipinski definition) is 6. The third-order valence-corrected chi connectivity index (χ3v) is 5.05. The quantitative estimate of drug-likeness (QED) is 0.776. The summed E-state index contributed by atoms with van der Waals surface area (Å²) in [6, 6.07) is 7.65. The summed E-state index contributed by atoms with van der Waals surface area (Å²) in [6.45, 7) is 0.290. The molecular formula is C12H9ClN4OS2. The number of nitrogen functional groups attached to an aromatic ring is 1. The number of nitrogens with two attached hydrogens (primary N) is 1. The third kappa shape index (κ3) is 2.47. The molecule has 0 atom stereocenters. The Hall–Kier alpha value is -1.70. The maximum absolute atomic E-state index is 12.2. The molecule has 3 rings (SSSR count). The van der Waals surface area contributed by atoms with Crippen LogP contribution in [0.4, 0.5) is 5.13 Å². The second-order valence-corrected chi connectivity index (χ2v) is 6.48. The zero-order valence-corrected chi connectivity index (χ0v) is 12.5. The van der Waals surface area contributed by atoms with Crippen LogP contribution in [0.15, 0.2) is 24.3 Å². The Kier molecular flexibility index (Phi) is 3.56. The van der Waals surface area contributed by atoms with Crippen LogP contribution >= 0.6 is 34.3 Å². The Morgan fingerprint density at radius 3 is 2.80 bits per heavy atom. The number of aromatic nitrogens is 2. The number of carbonyl (C=O) groups excluding carboxylic acids is 1. The van der Waals surface area contributed by atoms with E-state index in [0.29, 0.717) is 20.0 Å². The molecule has 8 heteroatoms. The van der Waals surface area contributed by atoms with Gasteiger partial charge in [0, 0.05) is 10.1 Å². The smallest absolute Gasteiger partial charge is 0.263 e. The number of nitrogens with one attached hydrogen (secondary N) is 1. The fraction of sp³-hybridized carbons (Fsp3) is 0.0833. The van der Waals surface area contributed by atoms with Crippen molar-refractivity contribution in [2.24, 2.45) is 0 Å². The van der Waals surface area contributed by atoms with Crippen LogP contribution in [0.2, 0.25) is 5.02 Å². The second kappa shape index (κ2) is 5.35. The molecule has 3 N–H and O–H groups in total. The summed E-state index contributed by atoms with van der Waals surface area (Å²) in [4.78, 5) is 12.7. The number of rotatable bonds is 3. The molecule has 2 heterocycles. The molecule has 0 saturated heterocycles. The van der Waals surface area contributed by atoms with E-state index in [1.165, 1.54) is 22.7 Å². The second-order valence-electron chi connectivity index (χ2n) is 3.96. The van der Waals surface area contributed by atoms with Gasteiger partial charge in [-0.15, -0.1) is 21.5 Å². The van der Waals surface area contributed by atoms with Gasteiger partial charge in [-0.1, -0.05) is 41.1 Å². The van der Waals surface area contributed by atoms with Gasteiger partial charge in [-0.25, -0.2) is 0 Å². The van der Waals surface area contributed by atoms with Gasteiger partial charge in [0.1, 0.15) is 9.88 Å². The van der Waals surface area contributed by atoms with Crippen LogP contribution in [-0.4, -0.2) is 16.1 Å². The van der Waals surface area contributed by atoms with Crippen LogP contribution < -0.4 is 11.1 Å². The average Bonchev–Trinajstić information content (AvgIpc) is 3.01. The molecule has 0 spiro atoms. The molecule has 0 aliphatic rings. The highest BCUT2D eigenvalue weighted by atomic mass is 35.5. The Balaban J connectivity index is 1.80. The lowest BCUT2D eigenvalue weighted by Crippen LogP contribution is -2.22. The minimum atomic E-state index is -0.218. The van der Waals surface area contributed by atoms with E-state index in [9.17, 15) is 4.79 Å². The van der Waals surface area contributed by atoms with Crippen molar-refractivity contribution in [3.05, 3.63) is 39.2 Å². The van der Waals surface area contributed by atoms with E-state index in [1.807, 2.05) is 24.3 Å². The Bertz CT molecular complexity index is 783. The van der Waals surface area contributed by atoms with E-state index in [1.54, 1.807) is 0 Å². The van der Waals surface area contributed by atoms with E-state index in [0.717, 1.165) is 10.1 Å². The van der Waals surface area contributed by atoms with Gasteiger partial charge in [-0.3, -0.25) is 4.79 Å². The topological polar surface area (TPSA) is 80.9 Å². The summed E-state index contributed by atoms with van der Waals surface area (Å²) in [7, 11) is 0. The van der Waals surface area contributed by atoms with Crippen LogP contribution in [0.5, 0.6) is 0 Å². The fourth-order valence-electron chi connectivity index (χ4n) is 1.73. The standard InChI is InChI=1S/C12H9ClN4OS2/c13-9-6-3-1-2-4-7(6)19-10(9)11(18)15-5-8-16-17-12(14)20-8/h1-4H,5H2,(H2,14,17)(H,15,18). The molecule has 2 aromatic heterocycles. The van der Waals surface area contributed by atoms with Crippen LogP contribution in [0.3, 0.4) is 0 Å². The number of halogens is 1. The molecule has 1 aromatic carbocycles. The number of fused-ring (bicyclic) bond motifs is 1. The molecule has 0 bridgehead atoms. The molecule has 0 fully saturated rings. The number of carbonyl (C=O) groups is 1. The Morgan fingerprint density at radius 2 is 2.10 bits per heavy atom. The summed E-state index contributed by atoms with van der Waals surface area (Å²) >= 11 is 8.86. The minimum Gasteiger partial charge on any atom is -0.374 e. The molecular weight excluding hydrogens is 316 g/mol. The highest BCUT2D eigenvalue weighted by Gasteiger charge is 2.17. The van der Waals surface area contributed by atoms with Crippen molar-refractivity contribution >= 4 is 55.4 Å². The number of anilines is 1. The first-order chi connectivity index (χ1) is 9.65. The van der Waals surface area contributed by atoms with E-state index in [4.69, 9.17) is 17.3 Å². The summed E-state index contributed by atoms with van der Waals surface area (Å²) in [5.74, 6) is -0.218. The maximum Gasteiger partial charge on any atom is 0.263 e. The van der Waals surface area contributed by atoms with E-state index in [-0.39, 0.29) is 12.5 Å². The predicted molar refractivity (Wildman–Crippen MR) is 82.3 cm³/mol. The lowest BCUT2D eigenvalue weighted by atomic mass is 10.2. The van der Waals surface area contributed by atoms with Crippen molar-refractivity contribution in [2.75, 3.05) is 5.73 Å². The van der Waals surface area contributed by atoms with Crippen molar-refractivity contribution < 1.29 is 4.79 Å². The van der Waals surface area contributed by atoms with Gasteiger partial charge in [-0.2, -0.15) is 0 Å². The first-order valence-electron chi connectivity index (χ1n) is 5.68. The van der Waals surface area contributed by atoms with E-state index >= 15 is 0 Å². The van der Waals surface area contributed by atoms with Gasteiger partial charge in [0.15, 0.2) is 0 Å². The Labute approximate surface area is 127 Å².